The van der Waals surface area contributed by atoms with Crippen LogP contribution >= 0.6 is 23.2 Å². The molecule has 0 amide bonds. The van der Waals surface area contributed by atoms with Gasteiger partial charge in [0, 0.05) is 41.4 Å². The minimum Gasteiger partial charge on any atom is -0.397 e. The van der Waals surface area contributed by atoms with Crippen LogP contribution in [0.25, 0.3) is 0 Å². The van der Waals surface area contributed by atoms with Gasteiger partial charge < -0.3 is 21.3 Å². The first-order chi connectivity index (χ1) is 11.9. The van der Waals surface area contributed by atoms with Crippen molar-refractivity contribution in [3.63, 3.8) is 0 Å². The number of benzene rings is 2. The zero-order valence-corrected chi connectivity index (χ0v) is 16.0. The van der Waals surface area contributed by atoms with Crippen molar-refractivity contribution in [1.82, 2.24) is 5.32 Å². The fourth-order valence-corrected chi connectivity index (χ4v) is 3.77. The van der Waals surface area contributed by atoms with Crippen LogP contribution in [0.5, 0.6) is 0 Å². The molecule has 1 fully saturated rings. The van der Waals surface area contributed by atoms with Crippen LogP contribution in [0.3, 0.4) is 0 Å². The quantitative estimate of drug-likeness (QED) is 0.683. The van der Waals surface area contributed by atoms with Crippen LogP contribution < -0.4 is 21.3 Å². The molecule has 0 aliphatic carbocycles. The molecule has 2 atom stereocenters. The predicted molar refractivity (Wildman–Crippen MR) is 109 cm³/mol. The highest BCUT2D eigenvalue weighted by Gasteiger charge is 2.17. The Morgan fingerprint density at radius 1 is 1.24 bits per heavy atom. The summed E-state index contributed by atoms with van der Waals surface area (Å²) in [6.07, 6.45) is 0. The summed E-state index contributed by atoms with van der Waals surface area (Å²) in [6, 6.07) is 12.2. The SMILES string of the molecule is CC1CN(c2ccc(N)c(N[C@H](C)c3ccc(Cl)cc3Cl)c2)CCN1. The molecule has 3 rings (SSSR count). The Kier molecular flexibility index (Phi) is 5.62. The standard InChI is InChI=1S/C19H24Cl2N4/c1-12-11-25(8-7-23-12)15-4-6-18(22)19(10-15)24-13(2)16-5-3-14(20)9-17(16)21/h3-6,9-10,12-13,23-24H,7-8,11,22H2,1-2H3/t12?,13-/m1/s1. The maximum absolute atomic E-state index is 6.33. The molecule has 0 radical (unpaired) electrons. The number of nitrogen functional groups attached to an aromatic ring is 1. The van der Waals surface area contributed by atoms with Crippen molar-refractivity contribution in [2.75, 3.05) is 35.6 Å². The van der Waals surface area contributed by atoms with E-state index in [1.165, 1.54) is 5.69 Å². The maximum Gasteiger partial charge on any atom is 0.0599 e. The molecule has 1 aliphatic heterocycles. The first-order valence-corrected chi connectivity index (χ1v) is 9.29. The lowest BCUT2D eigenvalue weighted by molar-refractivity contribution is 0.485. The van der Waals surface area contributed by atoms with Crippen LogP contribution in [0.2, 0.25) is 10.0 Å². The number of halogens is 2. The monoisotopic (exact) mass is 378 g/mol. The summed E-state index contributed by atoms with van der Waals surface area (Å²) in [6.45, 7) is 7.24. The van der Waals surface area contributed by atoms with Crippen LogP contribution in [0.1, 0.15) is 25.5 Å². The van der Waals surface area contributed by atoms with Crippen LogP contribution in [-0.2, 0) is 0 Å². The van der Waals surface area contributed by atoms with Gasteiger partial charge in [-0.3, -0.25) is 0 Å². The van der Waals surface area contributed by atoms with E-state index >= 15 is 0 Å². The van der Waals surface area contributed by atoms with Crippen molar-refractivity contribution >= 4 is 40.3 Å². The predicted octanol–water partition coefficient (Wildman–Crippen LogP) is 4.55. The number of hydrogen-bond acceptors (Lipinski definition) is 4. The van der Waals surface area contributed by atoms with E-state index in [-0.39, 0.29) is 6.04 Å². The summed E-state index contributed by atoms with van der Waals surface area (Å²) in [7, 11) is 0. The first-order valence-electron chi connectivity index (χ1n) is 8.53. The molecule has 1 aliphatic rings. The molecule has 2 aromatic carbocycles. The fourth-order valence-electron chi connectivity index (χ4n) is 3.20. The van der Waals surface area contributed by atoms with Crippen molar-refractivity contribution in [2.45, 2.75) is 25.9 Å². The van der Waals surface area contributed by atoms with E-state index < -0.39 is 0 Å². The summed E-state index contributed by atoms with van der Waals surface area (Å²) < 4.78 is 0. The zero-order chi connectivity index (χ0) is 18.0. The third kappa shape index (κ3) is 4.32. The Bertz CT molecular complexity index is 750. The highest BCUT2D eigenvalue weighted by molar-refractivity contribution is 6.35. The van der Waals surface area contributed by atoms with Crippen molar-refractivity contribution in [3.05, 3.63) is 52.0 Å². The molecule has 4 nitrogen and oxygen atoms in total. The molecule has 6 heteroatoms. The van der Waals surface area contributed by atoms with Gasteiger partial charge in [-0.1, -0.05) is 29.3 Å². The highest BCUT2D eigenvalue weighted by Crippen LogP contribution is 2.32. The Morgan fingerprint density at radius 2 is 2.04 bits per heavy atom. The minimum atomic E-state index is 0.0178. The summed E-state index contributed by atoms with van der Waals surface area (Å²) in [5.74, 6) is 0. The molecule has 1 heterocycles. The number of rotatable bonds is 4. The first kappa shape index (κ1) is 18.2. The molecule has 25 heavy (non-hydrogen) atoms. The lowest BCUT2D eigenvalue weighted by Gasteiger charge is -2.34. The van der Waals surface area contributed by atoms with Crippen molar-refractivity contribution in [1.29, 1.82) is 0 Å². The second kappa shape index (κ2) is 7.73. The lowest BCUT2D eigenvalue weighted by atomic mass is 10.1. The molecule has 0 aromatic heterocycles. The molecule has 0 saturated carbocycles. The Labute approximate surface area is 159 Å². The molecule has 1 saturated heterocycles. The topological polar surface area (TPSA) is 53.3 Å². The van der Waals surface area contributed by atoms with Gasteiger partial charge in [0.05, 0.1) is 17.4 Å². The van der Waals surface area contributed by atoms with Gasteiger partial charge in [0.1, 0.15) is 0 Å². The number of hydrogen-bond donors (Lipinski definition) is 3. The Balaban J connectivity index is 1.80. The summed E-state index contributed by atoms with van der Waals surface area (Å²) >= 11 is 12.3. The second-order valence-corrected chi connectivity index (χ2v) is 7.45. The molecular weight excluding hydrogens is 355 g/mol. The lowest BCUT2D eigenvalue weighted by Crippen LogP contribution is -2.49. The van der Waals surface area contributed by atoms with Gasteiger partial charge in [-0.15, -0.1) is 0 Å². The van der Waals surface area contributed by atoms with Gasteiger partial charge in [-0.25, -0.2) is 0 Å². The van der Waals surface area contributed by atoms with Crippen molar-refractivity contribution in [3.8, 4) is 0 Å². The van der Waals surface area contributed by atoms with Crippen LogP contribution in [0.15, 0.2) is 36.4 Å². The number of nitrogens with one attached hydrogen (secondary N) is 2. The Morgan fingerprint density at radius 3 is 2.76 bits per heavy atom. The zero-order valence-electron chi connectivity index (χ0n) is 14.5. The normalized spacial score (nSPS) is 18.9. The summed E-state index contributed by atoms with van der Waals surface area (Å²) in [5, 5.41) is 8.23. The van der Waals surface area contributed by atoms with Gasteiger partial charge in [-0.05, 0) is 49.7 Å². The van der Waals surface area contributed by atoms with E-state index in [9.17, 15) is 0 Å². The highest BCUT2D eigenvalue weighted by atomic mass is 35.5. The van der Waals surface area contributed by atoms with Gasteiger partial charge in [0.2, 0.25) is 0 Å². The van der Waals surface area contributed by atoms with Crippen LogP contribution in [-0.4, -0.2) is 25.7 Å². The number of nitrogens with zero attached hydrogens (tertiary/aromatic N) is 1. The fraction of sp³-hybridized carbons (Fsp3) is 0.368. The van der Waals surface area contributed by atoms with E-state index in [0.717, 1.165) is 36.6 Å². The number of nitrogens with two attached hydrogens (primary N) is 1. The molecule has 1 unspecified atom stereocenters. The second-order valence-electron chi connectivity index (χ2n) is 6.60. The average Bonchev–Trinajstić information content (AvgIpc) is 2.56. The van der Waals surface area contributed by atoms with E-state index in [1.54, 1.807) is 6.07 Å². The number of anilines is 3. The molecule has 0 bridgehead atoms. The number of piperazine rings is 1. The van der Waals surface area contributed by atoms with E-state index in [4.69, 9.17) is 28.9 Å². The van der Waals surface area contributed by atoms with Gasteiger partial charge in [0.25, 0.3) is 0 Å². The van der Waals surface area contributed by atoms with Gasteiger partial charge >= 0.3 is 0 Å². The van der Waals surface area contributed by atoms with E-state index in [2.05, 4.69) is 41.5 Å². The molecule has 2 aromatic rings. The van der Waals surface area contributed by atoms with Crippen molar-refractivity contribution in [2.24, 2.45) is 0 Å². The largest absolute Gasteiger partial charge is 0.397 e. The summed E-state index contributed by atoms with van der Waals surface area (Å²) in [5.41, 5.74) is 10.0. The molecular formula is C19H24Cl2N4. The molecule has 0 spiro atoms. The molecule has 134 valence electrons. The third-order valence-corrected chi connectivity index (χ3v) is 5.13. The summed E-state index contributed by atoms with van der Waals surface area (Å²) in [4.78, 5) is 2.38. The van der Waals surface area contributed by atoms with E-state index in [0.29, 0.717) is 16.1 Å². The van der Waals surface area contributed by atoms with E-state index in [1.807, 2.05) is 18.2 Å². The van der Waals surface area contributed by atoms with Gasteiger partial charge in [0.15, 0.2) is 0 Å². The van der Waals surface area contributed by atoms with Crippen molar-refractivity contribution < 1.29 is 0 Å². The smallest absolute Gasteiger partial charge is 0.0599 e. The maximum atomic E-state index is 6.33. The van der Waals surface area contributed by atoms with Crippen LogP contribution in [0.4, 0.5) is 17.1 Å². The molecule has 4 N–H and O–H groups in total. The van der Waals surface area contributed by atoms with Crippen LogP contribution in [0, 0.1) is 0 Å². The average molecular weight is 379 g/mol. The minimum absolute atomic E-state index is 0.0178. The third-order valence-electron chi connectivity index (χ3n) is 4.57. The van der Waals surface area contributed by atoms with Gasteiger partial charge in [-0.2, -0.15) is 0 Å². The Hall–Kier alpha value is -1.62.